The van der Waals surface area contributed by atoms with E-state index in [1.54, 1.807) is 0 Å². The highest BCUT2D eigenvalue weighted by Gasteiger charge is 2.35. The van der Waals surface area contributed by atoms with E-state index < -0.39 is 27.6 Å². The van der Waals surface area contributed by atoms with Gasteiger partial charge in [-0.1, -0.05) is 6.07 Å². The number of carbonyl (C=O) groups is 1. The van der Waals surface area contributed by atoms with Gasteiger partial charge in [-0.15, -0.1) is 0 Å². The van der Waals surface area contributed by atoms with Gasteiger partial charge in [-0.25, -0.2) is 13.1 Å². The third-order valence-corrected chi connectivity index (χ3v) is 4.94. The van der Waals surface area contributed by atoms with Crippen molar-refractivity contribution >= 4 is 21.4 Å². The molecule has 1 amide bonds. The van der Waals surface area contributed by atoms with E-state index in [4.69, 9.17) is 0 Å². The summed E-state index contributed by atoms with van der Waals surface area (Å²) in [5.74, 6) is -0.548. The Morgan fingerprint density at radius 1 is 1.07 bits per heavy atom. The van der Waals surface area contributed by atoms with Gasteiger partial charge in [-0.05, 0) is 48.5 Å². The van der Waals surface area contributed by atoms with Crippen LogP contribution < -0.4 is 5.32 Å². The van der Waals surface area contributed by atoms with E-state index in [0.717, 1.165) is 23.2 Å². The van der Waals surface area contributed by atoms with E-state index in [1.807, 2.05) is 0 Å². The Bertz CT molecular complexity index is 1120. The molecule has 1 aromatic heterocycles. The van der Waals surface area contributed by atoms with Crippen molar-refractivity contribution in [3.8, 4) is 5.69 Å². The number of benzene rings is 2. The second kappa shape index (κ2) is 7.12. The predicted octanol–water partition coefficient (Wildman–Crippen LogP) is 3.55. The lowest BCUT2D eigenvalue weighted by atomic mass is 10.2. The smallest absolute Gasteiger partial charge is 0.322 e. The lowest BCUT2D eigenvalue weighted by molar-refractivity contribution is -0.142. The molecule has 0 aliphatic heterocycles. The third-order valence-electron chi connectivity index (χ3n) is 3.83. The number of alkyl halides is 3. The van der Waals surface area contributed by atoms with Crippen LogP contribution in [0.25, 0.3) is 5.69 Å². The fraction of sp³-hybridized carbons (Fsp3) is 0.111. The van der Waals surface area contributed by atoms with Crippen molar-refractivity contribution in [1.29, 1.82) is 0 Å². The molecule has 3 aromatic rings. The number of halogens is 3. The van der Waals surface area contributed by atoms with Gasteiger partial charge in [-0.2, -0.15) is 18.3 Å². The molecule has 6 nitrogen and oxygen atoms in total. The van der Waals surface area contributed by atoms with Gasteiger partial charge in [0.15, 0.2) is 9.84 Å². The molecule has 0 radical (unpaired) electrons. The molecular formula is C18H14F3N3O3S. The zero-order valence-corrected chi connectivity index (χ0v) is 15.3. The summed E-state index contributed by atoms with van der Waals surface area (Å²) >= 11 is 0. The molecular weight excluding hydrogens is 395 g/mol. The minimum Gasteiger partial charge on any atom is -0.322 e. The molecule has 0 unspecified atom stereocenters. The van der Waals surface area contributed by atoms with Gasteiger partial charge in [0.25, 0.3) is 5.91 Å². The fourth-order valence-electron chi connectivity index (χ4n) is 2.48. The number of aromatic nitrogens is 2. The summed E-state index contributed by atoms with van der Waals surface area (Å²) in [5, 5.41) is 6.24. The number of carbonyl (C=O) groups excluding carboxylic acids is 1. The second-order valence-corrected chi connectivity index (χ2v) is 7.94. The summed E-state index contributed by atoms with van der Waals surface area (Å²) in [5.41, 5.74) is -0.270. The van der Waals surface area contributed by atoms with Crippen LogP contribution >= 0.6 is 0 Å². The molecule has 0 spiro atoms. The number of amides is 1. The van der Waals surface area contributed by atoms with Gasteiger partial charge in [0, 0.05) is 17.5 Å². The summed E-state index contributed by atoms with van der Waals surface area (Å²) in [4.78, 5) is 12.3. The third kappa shape index (κ3) is 4.22. The van der Waals surface area contributed by atoms with Crippen LogP contribution in [-0.4, -0.2) is 30.4 Å². The molecule has 0 fully saturated rings. The van der Waals surface area contributed by atoms with Crippen molar-refractivity contribution < 1.29 is 26.4 Å². The molecule has 10 heteroatoms. The van der Waals surface area contributed by atoms with Crippen LogP contribution in [0.3, 0.4) is 0 Å². The molecule has 0 bridgehead atoms. The Hall–Kier alpha value is -3.14. The molecule has 0 atom stereocenters. The number of anilines is 1. The maximum Gasteiger partial charge on any atom is 0.433 e. The van der Waals surface area contributed by atoms with Crippen LogP contribution in [0.1, 0.15) is 16.1 Å². The predicted molar refractivity (Wildman–Crippen MR) is 96.1 cm³/mol. The summed E-state index contributed by atoms with van der Waals surface area (Å²) in [6.45, 7) is 0. The summed E-state index contributed by atoms with van der Waals surface area (Å²) in [6.07, 6.45) is -2.46. The van der Waals surface area contributed by atoms with Crippen LogP contribution in [0.2, 0.25) is 0 Å². The van der Waals surface area contributed by atoms with Crippen molar-refractivity contribution in [1.82, 2.24) is 9.78 Å². The molecule has 146 valence electrons. The van der Waals surface area contributed by atoms with Gasteiger partial charge < -0.3 is 5.32 Å². The van der Waals surface area contributed by atoms with Gasteiger partial charge in [-0.3, -0.25) is 4.79 Å². The van der Waals surface area contributed by atoms with Crippen molar-refractivity contribution in [2.75, 3.05) is 11.6 Å². The minimum atomic E-state index is -4.55. The number of hydrogen-bond acceptors (Lipinski definition) is 4. The van der Waals surface area contributed by atoms with E-state index in [0.29, 0.717) is 5.69 Å². The highest BCUT2D eigenvalue weighted by atomic mass is 32.2. The van der Waals surface area contributed by atoms with Gasteiger partial charge >= 0.3 is 6.18 Å². The molecule has 1 heterocycles. The Labute approximate surface area is 158 Å². The number of nitrogens with one attached hydrogen (secondary N) is 1. The van der Waals surface area contributed by atoms with E-state index >= 15 is 0 Å². The van der Waals surface area contributed by atoms with E-state index in [9.17, 15) is 26.4 Å². The first-order valence-corrected chi connectivity index (χ1v) is 9.78. The summed E-state index contributed by atoms with van der Waals surface area (Å²) < 4.78 is 62.8. The van der Waals surface area contributed by atoms with Crippen LogP contribution in [0.4, 0.5) is 18.9 Å². The first-order chi connectivity index (χ1) is 13.1. The number of rotatable bonds is 4. The van der Waals surface area contributed by atoms with Crippen molar-refractivity contribution in [3.05, 3.63) is 72.1 Å². The minimum absolute atomic E-state index is 0.00820. The van der Waals surface area contributed by atoms with E-state index in [-0.39, 0.29) is 16.1 Å². The zero-order chi connectivity index (χ0) is 20.5. The maximum absolute atomic E-state index is 13.0. The molecule has 28 heavy (non-hydrogen) atoms. The Kier molecular flexibility index (Phi) is 4.99. The Balaban J connectivity index is 1.80. The quantitative estimate of drug-likeness (QED) is 0.715. The van der Waals surface area contributed by atoms with Crippen LogP contribution in [-0.2, 0) is 16.0 Å². The monoisotopic (exact) mass is 409 g/mol. The highest BCUT2D eigenvalue weighted by molar-refractivity contribution is 7.90. The Morgan fingerprint density at radius 3 is 2.36 bits per heavy atom. The average Bonchev–Trinajstić information content (AvgIpc) is 3.12. The summed E-state index contributed by atoms with van der Waals surface area (Å²) in [6, 6.07) is 12.0. The number of sulfone groups is 1. The topological polar surface area (TPSA) is 81.1 Å². The fourth-order valence-corrected chi connectivity index (χ4v) is 3.15. The lowest BCUT2D eigenvalue weighted by Crippen LogP contribution is -2.14. The largest absolute Gasteiger partial charge is 0.433 e. The van der Waals surface area contributed by atoms with E-state index in [2.05, 4.69) is 10.4 Å². The molecule has 2 aromatic carbocycles. The number of hydrogen-bond donors (Lipinski definition) is 1. The van der Waals surface area contributed by atoms with Crippen molar-refractivity contribution in [2.24, 2.45) is 0 Å². The average molecular weight is 409 g/mol. The summed E-state index contributed by atoms with van der Waals surface area (Å²) in [7, 11) is -3.46. The number of nitrogens with zero attached hydrogens (tertiary/aromatic N) is 2. The molecule has 0 aliphatic rings. The van der Waals surface area contributed by atoms with Crippen LogP contribution in [0, 0.1) is 0 Å². The molecule has 0 saturated heterocycles. The molecule has 3 rings (SSSR count). The standard InChI is InChI=1S/C18H14F3N3O3S/c1-28(26,27)15-4-2-3-12(11-15)17(25)23-13-5-7-14(8-6-13)24-16(9-10-22-24)18(19,20)21/h2-11H,1H3,(H,23,25). The molecule has 0 aliphatic carbocycles. The van der Waals surface area contributed by atoms with Gasteiger partial charge in [0.05, 0.1) is 16.8 Å². The first-order valence-electron chi connectivity index (χ1n) is 7.89. The van der Waals surface area contributed by atoms with Crippen molar-refractivity contribution in [2.45, 2.75) is 11.1 Å². The van der Waals surface area contributed by atoms with Crippen molar-refractivity contribution in [3.63, 3.8) is 0 Å². The highest BCUT2D eigenvalue weighted by Crippen LogP contribution is 2.30. The molecule has 0 saturated carbocycles. The molecule has 1 N–H and O–H groups in total. The van der Waals surface area contributed by atoms with Crippen LogP contribution in [0.5, 0.6) is 0 Å². The maximum atomic E-state index is 13.0. The van der Waals surface area contributed by atoms with E-state index in [1.165, 1.54) is 48.5 Å². The first kappa shape index (κ1) is 19.6. The van der Waals surface area contributed by atoms with Gasteiger partial charge in [0.1, 0.15) is 5.69 Å². The SMILES string of the molecule is CS(=O)(=O)c1cccc(C(=O)Nc2ccc(-n3nccc3C(F)(F)F)cc2)c1. The van der Waals surface area contributed by atoms with Gasteiger partial charge in [0.2, 0.25) is 0 Å². The van der Waals surface area contributed by atoms with Crippen LogP contribution in [0.15, 0.2) is 65.7 Å². The Morgan fingerprint density at radius 2 is 1.75 bits per heavy atom. The normalized spacial score (nSPS) is 12.0. The second-order valence-electron chi connectivity index (χ2n) is 5.93. The zero-order valence-electron chi connectivity index (χ0n) is 14.4. The lowest BCUT2D eigenvalue weighted by Gasteiger charge is -2.11.